The highest BCUT2D eigenvalue weighted by Gasteiger charge is 2.10. The summed E-state index contributed by atoms with van der Waals surface area (Å²) in [5.74, 6) is -0.313. The topological polar surface area (TPSA) is 69.2 Å². The summed E-state index contributed by atoms with van der Waals surface area (Å²) in [4.78, 5) is 17.8. The van der Waals surface area contributed by atoms with Crippen LogP contribution >= 0.6 is 11.8 Å². The largest absolute Gasteiger partial charge is 0.493 e. The second-order valence-corrected chi connectivity index (χ2v) is 5.96. The number of oxime groups is 1. The van der Waals surface area contributed by atoms with Gasteiger partial charge in [0.1, 0.15) is 0 Å². The molecule has 144 valence electrons. The van der Waals surface area contributed by atoms with Gasteiger partial charge in [-0.15, -0.1) is 11.8 Å². The summed E-state index contributed by atoms with van der Waals surface area (Å²) in [5, 5.41) is 6.39. The maximum atomic E-state index is 12.3. The molecule has 0 aliphatic heterocycles. The molecule has 0 aliphatic rings. The Morgan fingerprint density at radius 2 is 2.07 bits per heavy atom. The maximum absolute atomic E-state index is 12.3. The van der Waals surface area contributed by atoms with E-state index in [2.05, 4.69) is 15.2 Å². The number of ether oxygens (including phenoxy) is 2. The number of methoxy groups -OCH3 is 1. The van der Waals surface area contributed by atoms with Gasteiger partial charge >= 0.3 is 6.61 Å². The average Bonchev–Trinajstić information content (AvgIpc) is 2.66. The Hall–Kier alpha value is -2.81. The molecular formula is C18H18F2N2O4S. The molecule has 0 heterocycles. The third-order valence-electron chi connectivity index (χ3n) is 3.23. The van der Waals surface area contributed by atoms with E-state index in [-0.39, 0.29) is 24.0 Å². The van der Waals surface area contributed by atoms with Crippen LogP contribution in [0.5, 0.6) is 11.5 Å². The first-order valence-electron chi connectivity index (χ1n) is 7.74. The van der Waals surface area contributed by atoms with Crippen molar-refractivity contribution < 1.29 is 27.9 Å². The van der Waals surface area contributed by atoms with Crippen molar-refractivity contribution in [1.82, 2.24) is 0 Å². The monoisotopic (exact) mass is 396 g/mol. The zero-order chi connectivity index (χ0) is 19.6. The van der Waals surface area contributed by atoms with Crippen LogP contribution in [0.25, 0.3) is 0 Å². The Labute approximate surface area is 159 Å². The van der Waals surface area contributed by atoms with E-state index in [1.807, 2.05) is 24.5 Å². The van der Waals surface area contributed by atoms with Crippen LogP contribution < -0.4 is 14.8 Å². The van der Waals surface area contributed by atoms with Crippen molar-refractivity contribution >= 4 is 29.6 Å². The van der Waals surface area contributed by atoms with Crippen molar-refractivity contribution in [2.45, 2.75) is 11.5 Å². The van der Waals surface area contributed by atoms with Crippen LogP contribution in [0, 0.1) is 0 Å². The van der Waals surface area contributed by atoms with Crippen molar-refractivity contribution in [3.63, 3.8) is 0 Å². The highest BCUT2D eigenvalue weighted by atomic mass is 32.2. The molecule has 0 saturated heterocycles. The lowest BCUT2D eigenvalue weighted by atomic mass is 10.2. The van der Waals surface area contributed by atoms with Crippen molar-refractivity contribution in [2.75, 3.05) is 25.3 Å². The van der Waals surface area contributed by atoms with Gasteiger partial charge in [0, 0.05) is 16.1 Å². The first-order chi connectivity index (χ1) is 13.0. The molecule has 0 aliphatic carbocycles. The lowest BCUT2D eigenvalue weighted by Crippen LogP contribution is -2.16. The summed E-state index contributed by atoms with van der Waals surface area (Å²) in [6.07, 6.45) is 3.27. The highest BCUT2D eigenvalue weighted by molar-refractivity contribution is 7.98. The fourth-order valence-electron chi connectivity index (χ4n) is 2.05. The molecule has 0 spiro atoms. The van der Waals surface area contributed by atoms with E-state index in [4.69, 9.17) is 9.57 Å². The van der Waals surface area contributed by atoms with Crippen molar-refractivity contribution in [2.24, 2.45) is 5.16 Å². The number of carbonyl (C=O) groups excluding carboxylic acids is 1. The van der Waals surface area contributed by atoms with Gasteiger partial charge in [0.05, 0.1) is 13.3 Å². The van der Waals surface area contributed by atoms with Crippen molar-refractivity contribution in [3.05, 3.63) is 48.0 Å². The van der Waals surface area contributed by atoms with E-state index in [1.165, 1.54) is 31.5 Å². The first kappa shape index (κ1) is 20.5. The van der Waals surface area contributed by atoms with E-state index in [0.717, 1.165) is 4.90 Å². The van der Waals surface area contributed by atoms with Crippen LogP contribution in [0.1, 0.15) is 5.56 Å². The molecular weight excluding hydrogens is 378 g/mol. The lowest BCUT2D eigenvalue weighted by molar-refractivity contribution is -0.120. The minimum absolute atomic E-state index is 0.0857. The molecule has 0 bridgehead atoms. The molecule has 0 atom stereocenters. The van der Waals surface area contributed by atoms with Crippen LogP contribution in [0.4, 0.5) is 14.5 Å². The second kappa shape index (κ2) is 10.4. The van der Waals surface area contributed by atoms with Gasteiger partial charge < -0.3 is 19.6 Å². The van der Waals surface area contributed by atoms with Gasteiger partial charge in [0.15, 0.2) is 18.1 Å². The quantitative estimate of drug-likeness (QED) is 0.394. The first-order valence-corrected chi connectivity index (χ1v) is 8.96. The molecule has 27 heavy (non-hydrogen) atoms. The lowest BCUT2D eigenvalue weighted by Gasteiger charge is -2.09. The van der Waals surface area contributed by atoms with Crippen LogP contribution in [-0.2, 0) is 9.63 Å². The Morgan fingerprint density at radius 1 is 1.26 bits per heavy atom. The molecule has 0 aromatic heterocycles. The molecule has 2 aromatic rings. The molecule has 2 aromatic carbocycles. The van der Waals surface area contributed by atoms with Crippen LogP contribution in [0.2, 0.25) is 0 Å². The third-order valence-corrected chi connectivity index (χ3v) is 3.95. The van der Waals surface area contributed by atoms with Gasteiger partial charge in [-0.25, -0.2) is 0 Å². The Morgan fingerprint density at radius 3 is 2.78 bits per heavy atom. The van der Waals surface area contributed by atoms with Gasteiger partial charge in [-0.2, -0.15) is 8.78 Å². The average molecular weight is 396 g/mol. The number of anilines is 1. The van der Waals surface area contributed by atoms with Gasteiger partial charge in [-0.1, -0.05) is 11.2 Å². The predicted octanol–water partition coefficient (Wildman–Crippen LogP) is 4.01. The van der Waals surface area contributed by atoms with Crippen molar-refractivity contribution in [3.8, 4) is 11.5 Å². The summed E-state index contributed by atoms with van der Waals surface area (Å²) >= 11 is 1.57. The zero-order valence-electron chi connectivity index (χ0n) is 14.6. The number of hydrogen-bond acceptors (Lipinski definition) is 6. The van der Waals surface area contributed by atoms with Gasteiger partial charge in [-0.3, -0.25) is 4.79 Å². The molecule has 0 unspecified atom stereocenters. The van der Waals surface area contributed by atoms with Crippen molar-refractivity contribution in [1.29, 1.82) is 0 Å². The van der Waals surface area contributed by atoms with Gasteiger partial charge in [0.25, 0.3) is 5.91 Å². The molecule has 0 fully saturated rings. The maximum Gasteiger partial charge on any atom is 0.387 e. The molecule has 2 rings (SSSR count). The normalized spacial score (nSPS) is 10.9. The number of hydrogen-bond donors (Lipinski definition) is 1. The Bertz CT molecular complexity index is 803. The standard InChI is InChI=1S/C18H18F2N2O4S/c1-24-16-8-12(6-7-15(16)26-18(19)20)10-21-25-11-17(23)22-13-4-3-5-14(9-13)27-2/h3-10,18H,11H2,1-2H3,(H,22,23)/b21-10-. The number of carbonyl (C=O) groups is 1. The molecule has 1 amide bonds. The highest BCUT2D eigenvalue weighted by Crippen LogP contribution is 2.28. The molecule has 9 heteroatoms. The number of alkyl halides is 2. The SMILES string of the molecule is COc1cc(/C=N\OCC(=O)Nc2cccc(SC)c2)ccc1OC(F)F. The predicted molar refractivity (Wildman–Crippen MR) is 100 cm³/mol. The minimum atomic E-state index is -2.95. The van der Waals surface area contributed by atoms with E-state index >= 15 is 0 Å². The Kier molecular flexibility index (Phi) is 7.87. The van der Waals surface area contributed by atoms with E-state index < -0.39 is 6.61 Å². The van der Waals surface area contributed by atoms with Crippen LogP contribution in [-0.4, -0.2) is 38.7 Å². The Balaban J connectivity index is 1.86. The minimum Gasteiger partial charge on any atom is -0.493 e. The van der Waals surface area contributed by atoms with E-state index in [1.54, 1.807) is 17.8 Å². The number of benzene rings is 2. The summed E-state index contributed by atoms with van der Waals surface area (Å²) < 4.78 is 33.9. The number of nitrogens with zero attached hydrogens (tertiary/aromatic N) is 1. The third kappa shape index (κ3) is 6.78. The van der Waals surface area contributed by atoms with Gasteiger partial charge in [-0.05, 0) is 42.7 Å². The second-order valence-electron chi connectivity index (χ2n) is 5.08. The van der Waals surface area contributed by atoms with E-state index in [9.17, 15) is 13.6 Å². The number of amides is 1. The van der Waals surface area contributed by atoms with Crippen LogP contribution in [0.3, 0.4) is 0 Å². The van der Waals surface area contributed by atoms with E-state index in [0.29, 0.717) is 11.3 Å². The summed E-state index contributed by atoms with van der Waals surface area (Å²) in [7, 11) is 1.33. The summed E-state index contributed by atoms with van der Waals surface area (Å²) in [6.45, 7) is -3.22. The molecule has 0 radical (unpaired) electrons. The zero-order valence-corrected chi connectivity index (χ0v) is 15.5. The molecule has 1 N–H and O–H groups in total. The summed E-state index contributed by atoms with van der Waals surface area (Å²) in [5.41, 5.74) is 1.19. The van der Waals surface area contributed by atoms with Crippen LogP contribution in [0.15, 0.2) is 52.5 Å². The fraction of sp³-hybridized carbons (Fsp3) is 0.222. The molecule has 6 nitrogen and oxygen atoms in total. The number of halogens is 2. The number of nitrogens with one attached hydrogen (secondary N) is 1. The smallest absolute Gasteiger partial charge is 0.387 e. The van der Waals surface area contributed by atoms with Gasteiger partial charge in [0.2, 0.25) is 0 Å². The summed E-state index contributed by atoms with van der Waals surface area (Å²) in [6, 6.07) is 11.7. The molecule has 0 saturated carbocycles. The fourth-order valence-corrected chi connectivity index (χ4v) is 2.51. The number of rotatable bonds is 9. The number of thioether (sulfide) groups is 1.